The number of carbonyl (C=O) groups is 2. The minimum absolute atomic E-state index is 0.0635. The van der Waals surface area contributed by atoms with Crippen molar-refractivity contribution in [2.75, 3.05) is 6.54 Å². The van der Waals surface area contributed by atoms with Crippen molar-refractivity contribution in [3.8, 4) is 0 Å². The van der Waals surface area contributed by atoms with Crippen molar-refractivity contribution in [1.29, 1.82) is 0 Å². The summed E-state index contributed by atoms with van der Waals surface area (Å²) < 4.78 is 0. The average molecular weight is 402 g/mol. The van der Waals surface area contributed by atoms with Gasteiger partial charge in [-0.3, -0.25) is 9.59 Å². The molecule has 1 spiro atoms. The van der Waals surface area contributed by atoms with Gasteiger partial charge in [0.2, 0.25) is 11.8 Å². The summed E-state index contributed by atoms with van der Waals surface area (Å²) in [5, 5.41) is 9.59. The Kier molecular flexibility index (Phi) is 4.93. The molecular weight excluding hydrogens is 370 g/mol. The highest BCUT2D eigenvalue weighted by molar-refractivity contribution is 7.09. The highest BCUT2D eigenvalue weighted by Crippen LogP contribution is 2.65. The number of hydrogen-bond acceptors (Lipinski definition) is 4. The zero-order valence-corrected chi connectivity index (χ0v) is 17.3. The van der Waals surface area contributed by atoms with Crippen LogP contribution in [-0.4, -0.2) is 23.3 Å². The van der Waals surface area contributed by atoms with Crippen molar-refractivity contribution in [3.05, 3.63) is 16.6 Å². The molecule has 0 saturated heterocycles. The van der Waals surface area contributed by atoms with E-state index >= 15 is 0 Å². The van der Waals surface area contributed by atoms with Crippen molar-refractivity contribution >= 4 is 23.2 Å². The maximum Gasteiger partial charge on any atom is 0.223 e. The summed E-state index contributed by atoms with van der Waals surface area (Å²) in [5.74, 6) is 2.10. The van der Waals surface area contributed by atoms with Crippen molar-refractivity contribution < 1.29 is 9.59 Å². The third kappa shape index (κ3) is 3.72. The maximum absolute atomic E-state index is 12.4. The molecule has 1 aromatic rings. The molecule has 0 radical (unpaired) electrons. The molecule has 4 fully saturated rings. The standard InChI is InChI=1S/C22H31N3O2S/c26-19(16-6-7-16)25-18(21-23-10-11-28-21)15-4-2-14(3-5-15)13-24-20(27)17-12-22(17)8-1-9-22/h10-11,14-18H,1-9,12-13H2,(H,24,27)(H,25,26)/t14?,15?,17-,18+/m1/s1. The molecule has 4 aliphatic carbocycles. The normalized spacial score (nSPS) is 31.6. The molecular formula is C22H31N3O2S. The fraction of sp³-hybridized carbons (Fsp3) is 0.773. The van der Waals surface area contributed by atoms with Gasteiger partial charge in [0.25, 0.3) is 0 Å². The van der Waals surface area contributed by atoms with Gasteiger partial charge < -0.3 is 10.6 Å². The number of amides is 2. The van der Waals surface area contributed by atoms with E-state index in [4.69, 9.17) is 0 Å². The van der Waals surface area contributed by atoms with Gasteiger partial charge in [-0.05, 0) is 75.0 Å². The summed E-state index contributed by atoms with van der Waals surface area (Å²) in [4.78, 5) is 29.3. The molecule has 152 valence electrons. The molecule has 4 saturated carbocycles. The van der Waals surface area contributed by atoms with Crippen LogP contribution in [0, 0.1) is 29.1 Å². The van der Waals surface area contributed by atoms with Gasteiger partial charge in [-0.25, -0.2) is 4.98 Å². The van der Waals surface area contributed by atoms with Crippen molar-refractivity contribution in [2.24, 2.45) is 29.1 Å². The van der Waals surface area contributed by atoms with Crippen LogP contribution in [0.15, 0.2) is 11.6 Å². The number of aromatic nitrogens is 1. The maximum atomic E-state index is 12.4. The minimum atomic E-state index is 0.0635. The van der Waals surface area contributed by atoms with Gasteiger partial charge in [-0.15, -0.1) is 11.3 Å². The van der Waals surface area contributed by atoms with Crippen LogP contribution >= 0.6 is 11.3 Å². The van der Waals surface area contributed by atoms with Gasteiger partial charge in [0.1, 0.15) is 5.01 Å². The quantitative estimate of drug-likeness (QED) is 0.729. The monoisotopic (exact) mass is 401 g/mol. The molecule has 1 heterocycles. The third-order valence-corrected chi connectivity index (χ3v) is 8.61. The Morgan fingerprint density at radius 2 is 1.93 bits per heavy atom. The summed E-state index contributed by atoms with van der Waals surface area (Å²) in [5.41, 5.74) is 0.419. The van der Waals surface area contributed by atoms with Gasteiger partial charge in [0, 0.05) is 30.0 Å². The number of nitrogens with one attached hydrogen (secondary N) is 2. The molecule has 4 aliphatic rings. The van der Waals surface area contributed by atoms with E-state index < -0.39 is 0 Å². The zero-order chi connectivity index (χ0) is 19.1. The first-order valence-corrected chi connectivity index (χ1v) is 12.0. The van der Waals surface area contributed by atoms with E-state index in [1.807, 2.05) is 11.6 Å². The second-order valence-corrected chi connectivity index (χ2v) is 10.6. The lowest BCUT2D eigenvalue weighted by atomic mass is 9.78. The topological polar surface area (TPSA) is 71.1 Å². The smallest absolute Gasteiger partial charge is 0.223 e. The predicted molar refractivity (Wildman–Crippen MR) is 109 cm³/mol. The number of carbonyl (C=O) groups excluding carboxylic acids is 2. The van der Waals surface area contributed by atoms with E-state index in [1.54, 1.807) is 11.3 Å². The number of nitrogens with zero attached hydrogens (tertiary/aromatic N) is 1. The van der Waals surface area contributed by atoms with Crippen molar-refractivity contribution in [3.63, 3.8) is 0 Å². The molecule has 0 bridgehead atoms. The lowest BCUT2D eigenvalue weighted by Gasteiger charge is -2.33. The second-order valence-electron chi connectivity index (χ2n) is 9.63. The fourth-order valence-electron chi connectivity index (χ4n) is 5.38. The van der Waals surface area contributed by atoms with Gasteiger partial charge in [0.05, 0.1) is 6.04 Å². The van der Waals surface area contributed by atoms with E-state index in [9.17, 15) is 9.59 Å². The number of rotatable bonds is 7. The van der Waals surface area contributed by atoms with Gasteiger partial charge in [-0.1, -0.05) is 6.42 Å². The molecule has 2 amide bonds. The fourth-order valence-corrected chi connectivity index (χ4v) is 6.16. The molecule has 5 nitrogen and oxygen atoms in total. The van der Waals surface area contributed by atoms with E-state index in [0.29, 0.717) is 29.1 Å². The van der Waals surface area contributed by atoms with E-state index in [2.05, 4.69) is 15.6 Å². The first-order valence-electron chi connectivity index (χ1n) is 11.1. The highest BCUT2D eigenvalue weighted by Gasteiger charge is 2.60. The number of thiazole rings is 1. The Hall–Kier alpha value is -1.43. The Morgan fingerprint density at radius 1 is 1.14 bits per heavy atom. The first kappa shape index (κ1) is 18.6. The van der Waals surface area contributed by atoms with Crippen LogP contribution in [-0.2, 0) is 9.59 Å². The van der Waals surface area contributed by atoms with Crippen LogP contribution < -0.4 is 10.6 Å². The zero-order valence-electron chi connectivity index (χ0n) is 16.5. The van der Waals surface area contributed by atoms with E-state index in [1.165, 1.54) is 19.3 Å². The molecule has 2 N–H and O–H groups in total. The largest absolute Gasteiger partial charge is 0.356 e. The molecule has 6 heteroatoms. The number of hydrogen-bond donors (Lipinski definition) is 2. The molecule has 0 aromatic carbocycles. The van der Waals surface area contributed by atoms with E-state index in [-0.39, 0.29) is 17.9 Å². The van der Waals surface area contributed by atoms with Crippen LogP contribution in [0.2, 0.25) is 0 Å². The summed E-state index contributed by atoms with van der Waals surface area (Å²) >= 11 is 1.65. The molecule has 1 aromatic heterocycles. The molecule has 0 aliphatic heterocycles. The van der Waals surface area contributed by atoms with Crippen LogP contribution in [0.4, 0.5) is 0 Å². The Morgan fingerprint density at radius 3 is 2.50 bits per heavy atom. The van der Waals surface area contributed by atoms with Gasteiger partial charge >= 0.3 is 0 Å². The van der Waals surface area contributed by atoms with Crippen LogP contribution in [0.5, 0.6) is 0 Å². The summed E-state index contributed by atoms with van der Waals surface area (Å²) in [7, 11) is 0. The molecule has 2 atom stereocenters. The summed E-state index contributed by atoms with van der Waals surface area (Å²) in [6, 6.07) is 0.0635. The Balaban J connectivity index is 1.11. The molecule has 28 heavy (non-hydrogen) atoms. The lowest BCUT2D eigenvalue weighted by Crippen LogP contribution is -2.38. The Bertz CT molecular complexity index is 718. The van der Waals surface area contributed by atoms with E-state index in [0.717, 1.165) is 56.5 Å². The Labute approximate surface area is 171 Å². The van der Waals surface area contributed by atoms with Crippen LogP contribution in [0.1, 0.15) is 75.3 Å². The van der Waals surface area contributed by atoms with Crippen LogP contribution in [0.25, 0.3) is 0 Å². The van der Waals surface area contributed by atoms with Crippen molar-refractivity contribution in [1.82, 2.24) is 15.6 Å². The first-order chi connectivity index (χ1) is 13.6. The average Bonchev–Trinajstić information content (AvgIpc) is 3.60. The summed E-state index contributed by atoms with van der Waals surface area (Å²) in [6.45, 7) is 0.828. The SMILES string of the molecule is O=C(N[C@H](c1nccs1)C1CCC(CNC(=O)[C@H]2CC23CCC3)CC1)C1CC1. The summed E-state index contributed by atoms with van der Waals surface area (Å²) in [6.07, 6.45) is 13.3. The third-order valence-electron chi connectivity index (χ3n) is 7.75. The lowest BCUT2D eigenvalue weighted by molar-refractivity contribution is -0.124. The molecule has 5 rings (SSSR count). The van der Waals surface area contributed by atoms with Crippen molar-refractivity contribution in [2.45, 2.75) is 70.3 Å². The van der Waals surface area contributed by atoms with Gasteiger partial charge in [-0.2, -0.15) is 0 Å². The van der Waals surface area contributed by atoms with Crippen LogP contribution in [0.3, 0.4) is 0 Å². The highest BCUT2D eigenvalue weighted by atomic mass is 32.1. The van der Waals surface area contributed by atoms with Gasteiger partial charge in [0.15, 0.2) is 0 Å². The second kappa shape index (κ2) is 7.43. The predicted octanol–water partition coefficient (Wildman–Crippen LogP) is 3.82. The molecule has 0 unspecified atom stereocenters. The minimum Gasteiger partial charge on any atom is -0.356 e.